The Morgan fingerprint density at radius 3 is 2.23 bits per heavy atom. The Morgan fingerprint density at radius 1 is 1.14 bits per heavy atom. The van der Waals surface area contributed by atoms with Crippen molar-refractivity contribution in [2.75, 3.05) is 19.6 Å². The predicted octanol–water partition coefficient (Wildman–Crippen LogP) is 2.20. The van der Waals surface area contributed by atoms with Crippen LogP contribution in [0.4, 0.5) is 0 Å². The summed E-state index contributed by atoms with van der Waals surface area (Å²) in [5.74, 6) is 0.299. The van der Waals surface area contributed by atoms with Crippen LogP contribution in [0.3, 0.4) is 0 Å². The van der Waals surface area contributed by atoms with Crippen molar-refractivity contribution < 1.29 is 14.3 Å². The molecule has 0 radical (unpaired) electrons. The predicted molar refractivity (Wildman–Crippen MR) is 87.5 cm³/mol. The number of amides is 1. The summed E-state index contributed by atoms with van der Waals surface area (Å²) in [6.45, 7) is 15.3. The quantitative estimate of drug-likeness (QED) is 0.812. The average Bonchev–Trinajstić information content (AvgIpc) is 2.23. The number of hydrogen-bond donors (Lipinski definition) is 1. The molecule has 1 aliphatic heterocycles. The van der Waals surface area contributed by atoms with E-state index in [1.807, 2.05) is 41.5 Å². The van der Waals surface area contributed by atoms with Gasteiger partial charge in [0.15, 0.2) is 0 Å². The van der Waals surface area contributed by atoms with Crippen LogP contribution in [0.15, 0.2) is 0 Å². The van der Waals surface area contributed by atoms with Gasteiger partial charge in [-0.2, -0.15) is 0 Å². The van der Waals surface area contributed by atoms with Crippen LogP contribution < -0.4 is 5.32 Å². The Balaban J connectivity index is 2.56. The molecule has 0 aromatic carbocycles. The monoisotopic (exact) mass is 312 g/mol. The van der Waals surface area contributed by atoms with Crippen molar-refractivity contribution >= 4 is 11.9 Å². The fraction of sp³-hybridized carbons (Fsp3) is 0.882. The topological polar surface area (TPSA) is 58.6 Å². The molecule has 5 nitrogen and oxygen atoms in total. The van der Waals surface area contributed by atoms with Gasteiger partial charge < -0.3 is 10.1 Å². The third-order valence-corrected chi connectivity index (χ3v) is 3.52. The second kappa shape index (κ2) is 6.99. The molecular formula is C17H32N2O3. The molecule has 0 aromatic rings. The minimum Gasteiger partial charge on any atom is -0.459 e. The van der Waals surface area contributed by atoms with Gasteiger partial charge >= 0.3 is 5.97 Å². The van der Waals surface area contributed by atoms with Crippen molar-refractivity contribution in [3.05, 3.63) is 0 Å². The lowest BCUT2D eigenvalue weighted by atomic mass is 9.92. The number of nitrogens with zero attached hydrogens (tertiary/aromatic N) is 1. The number of hydrogen-bond acceptors (Lipinski definition) is 4. The van der Waals surface area contributed by atoms with Crippen LogP contribution in [0, 0.1) is 11.3 Å². The lowest BCUT2D eigenvalue weighted by molar-refractivity contribution is -0.156. The maximum absolute atomic E-state index is 12.1. The van der Waals surface area contributed by atoms with E-state index >= 15 is 0 Å². The van der Waals surface area contributed by atoms with Crippen molar-refractivity contribution in [2.24, 2.45) is 11.3 Å². The highest BCUT2D eigenvalue weighted by Crippen LogP contribution is 2.19. The summed E-state index contributed by atoms with van der Waals surface area (Å²) in [6, 6.07) is 0.0953. The molecule has 1 N–H and O–H groups in total. The molecule has 1 rings (SSSR count). The minimum atomic E-state index is -0.460. The maximum atomic E-state index is 12.1. The van der Waals surface area contributed by atoms with Gasteiger partial charge in [0.1, 0.15) is 5.60 Å². The number of piperidine rings is 1. The maximum Gasteiger partial charge on any atom is 0.320 e. The number of likely N-dealkylation sites (tertiary alicyclic amines) is 1. The number of nitrogens with one attached hydrogen (secondary N) is 1. The molecule has 2 atom stereocenters. The second-order valence-corrected chi connectivity index (χ2v) is 8.54. The fourth-order valence-electron chi connectivity index (χ4n) is 2.65. The summed E-state index contributed by atoms with van der Waals surface area (Å²) in [5.41, 5.74) is -0.852. The zero-order valence-corrected chi connectivity index (χ0v) is 15.2. The summed E-state index contributed by atoms with van der Waals surface area (Å²) in [4.78, 5) is 26.2. The highest BCUT2D eigenvalue weighted by molar-refractivity contribution is 5.81. The van der Waals surface area contributed by atoms with E-state index in [2.05, 4.69) is 17.1 Å². The summed E-state index contributed by atoms with van der Waals surface area (Å²) in [7, 11) is 0. The first-order valence-electron chi connectivity index (χ1n) is 8.12. The molecule has 1 heterocycles. The first-order chi connectivity index (χ1) is 9.87. The van der Waals surface area contributed by atoms with Crippen LogP contribution in [0.2, 0.25) is 0 Å². The van der Waals surface area contributed by atoms with E-state index in [4.69, 9.17) is 4.74 Å². The zero-order chi connectivity index (χ0) is 17.1. The second-order valence-electron chi connectivity index (χ2n) is 8.54. The standard InChI is InChI=1S/C17H32N2O3/c1-12-8-13(18-15(21)16(2,3)4)10-19(9-12)11-14(20)22-17(5,6)7/h12-13H,8-11H2,1-7H3,(H,18,21). The number of rotatable bonds is 3. The molecule has 22 heavy (non-hydrogen) atoms. The Labute approximate surface area is 134 Å². The Morgan fingerprint density at radius 2 is 1.73 bits per heavy atom. The minimum absolute atomic E-state index is 0.0591. The highest BCUT2D eigenvalue weighted by Gasteiger charge is 2.30. The SMILES string of the molecule is CC1CC(NC(=O)C(C)(C)C)CN(CC(=O)OC(C)(C)C)C1. The summed E-state index contributed by atoms with van der Waals surface area (Å²) in [6.07, 6.45) is 0.951. The summed E-state index contributed by atoms with van der Waals surface area (Å²) >= 11 is 0. The first kappa shape index (κ1) is 18.9. The summed E-state index contributed by atoms with van der Waals surface area (Å²) < 4.78 is 5.38. The summed E-state index contributed by atoms with van der Waals surface area (Å²) in [5, 5.41) is 3.11. The van der Waals surface area contributed by atoms with Gasteiger partial charge in [-0.15, -0.1) is 0 Å². The Hall–Kier alpha value is -1.10. The molecule has 2 unspecified atom stereocenters. The Kier molecular flexibility index (Phi) is 6.02. The van der Waals surface area contributed by atoms with Crippen LogP contribution in [-0.2, 0) is 14.3 Å². The molecule has 1 saturated heterocycles. The third kappa shape index (κ3) is 6.77. The van der Waals surface area contributed by atoms with Gasteiger partial charge in [-0.25, -0.2) is 0 Å². The molecule has 128 valence electrons. The zero-order valence-electron chi connectivity index (χ0n) is 15.2. The molecular weight excluding hydrogens is 280 g/mol. The molecule has 0 saturated carbocycles. The number of ether oxygens (including phenoxy) is 1. The van der Waals surface area contributed by atoms with Gasteiger partial charge in [0.05, 0.1) is 6.54 Å². The van der Waals surface area contributed by atoms with Gasteiger partial charge in [-0.1, -0.05) is 27.7 Å². The van der Waals surface area contributed by atoms with E-state index in [-0.39, 0.29) is 24.5 Å². The van der Waals surface area contributed by atoms with Crippen LogP contribution in [-0.4, -0.2) is 48.1 Å². The van der Waals surface area contributed by atoms with E-state index in [9.17, 15) is 9.59 Å². The average molecular weight is 312 g/mol. The lowest BCUT2D eigenvalue weighted by Gasteiger charge is -2.37. The van der Waals surface area contributed by atoms with Gasteiger partial charge in [-0.3, -0.25) is 14.5 Å². The van der Waals surface area contributed by atoms with E-state index < -0.39 is 11.0 Å². The van der Waals surface area contributed by atoms with Crippen LogP contribution in [0.25, 0.3) is 0 Å². The van der Waals surface area contributed by atoms with Gasteiger partial charge in [-0.05, 0) is 33.1 Å². The van der Waals surface area contributed by atoms with Crippen LogP contribution in [0.5, 0.6) is 0 Å². The fourth-order valence-corrected chi connectivity index (χ4v) is 2.65. The molecule has 0 aliphatic carbocycles. The van der Waals surface area contributed by atoms with E-state index in [1.54, 1.807) is 0 Å². The van der Waals surface area contributed by atoms with Crippen molar-refractivity contribution in [3.8, 4) is 0 Å². The van der Waals surface area contributed by atoms with Gasteiger partial charge in [0, 0.05) is 24.5 Å². The Bertz CT molecular complexity index is 407. The lowest BCUT2D eigenvalue weighted by Crippen LogP contribution is -2.53. The van der Waals surface area contributed by atoms with Gasteiger partial charge in [0.25, 0.3) is 0 Å². The van der Waals surface area contributed by atoms with Crippen LogP contribution in [0.1, 0.15) is 54.9 Å². The molecule has 1 aliphatic rings. The van der Waals surface area contributed by atoms with E-state index in [0.717, 1.165) is 13.0 Å². The van der Waals surface area contributed by atoms with Crippen molar-refractivity contribution in [1.82, 2.24) is 10.2 Å². The molecule has 1 fully saturated rings. The number of carbonyl (C=O) groups is 2. The van der Waals surface area contributed by atoms with Crippen LogP contribution >= 0.6 is 0 Å². The largest absolute Gasteiger partial charge is 0.459 e. The molecule has 0 bridgehead atoms. The molecule has 0 spiro atoms. The molecule has 0 aromatic heterocycles. The van der Waals surface area contributed by atoms with Crippen molar-refractivity contribution in [2.45, 2.75) is 66.5 Å². The smallest absolute Gasteiger partial charge is 0.320 e. The third-order valence-electron chi connectivity index (χ3n) is 3.52. The highest BCUT2D eigenvalue weighted by atomic mass is 16.6. The molecule has 1 amide bonds. The van der Waals surface area contributed by atoms with Gasteiger partial charge in [0.2, 0.25) is 5.91 Å². The van der Waals surface area contributed by atoms with E-state index in [0.29, 0.717) is 12.5 Å². The van der Waals surface area contributed by atoms with Crippen molar-refractivity contribution in [3.63, 3.8) is 0 Å². The molecule has 5 heteroatoms. The number of esters is 1. The van der Waals surface area contributed by atoms with E-state index in [1.165, 1.54) is 0 Å². The number of carbonyl (C=O) groups excluding carboxylic acids is 2. The van der Waals surface area contributed by atoms with Crippen molar-refractivity contribution in [1.29, 1.82) is 0 Å². The first-order valence-corrected chi connectivity index (χ1v) is 8.12. The normalized spacial score (nSPS) is 24.0.